The maximum absolute atomic E-state index is 13.5. The lowest BCUT2D eigenvalue weighted by Gasteiger charge is -2.18. The molecule has 104 valence electrons. The molecule has 1 aromatic carbocycles. The normalized spacial score (nSPS) is 10.4. The molecule has 1 amide bonds. The summed E-state index contributed by atoms with van der Waals surface area (Å²) < 4.78 is 26.6. The summed E-state index contributed by atoms with van der Waals surface area (Å²) in [7, 11) is 1.55. The van der Waals surface area contributed by atoms with Gasteiger partial charge in [0.05, 0.1) is 5.56 Å². The minimum Gasteiger partial charge on any atom is -0.337 e. The summed E-state index contributed by atoms with van der Waals surface area (Å²) in [5.74, 6) is -3.05. The number of carbonyl (C=O) groups is 1. The van der Waals surface area contributed by atoms with Gasteiger partial charge in [-0.3, -0.25) is 4.79 Å². The van der Waals surface area contributed by atoms with E-state index < -0.39 is 17.7 Å². The van der Waals surface area contributed by atoms with Crippen LogP contribution in [0.3, 0.4) is 0 Å². The average Bonchev–Trinajstić information content (AvgIpc) is 2.43. The first-order valence-electron chi connectivity index (χ1n) is 6.10. The van der Waals surface area contributed by atoms with Crippen LogP contribution in [0.2, 0.25) is 0 Å². The smallest absolute Gasteiger partial charge is 0.257 e. The Morgan fingerprint density at radius 1 is 1.25 bits per heavy atom. The van der Waals surface area contributed by atoms with Gasteiger partial charge in [-0.15, -0.1) is 0 Å². The minimum absolute atomic E-state index is 0.311. The third kappa shape index (κ3) is 2.82. The van der Waals surface area contributed by atoms with Crippen molar-refractivity contribution in [3.8, 4) is 0 Å². The van der Waals surface area contributed by atoms with Gasteiger partial charge in [-0.2, -0.15) is 4.39 Å². The summed E-state index contributed by atoms with van der Waals surface area (Å²) in [6.07, 6.45) is 1.08. The molecule has 0 aliphatic rings. The van der Waals surface area contributed by atoms with E-state index in [0.717, 1.165) is 17.3 Å². The van der Waals surface area contributed by atoms with Crippen molar-refractivity contribution in [1.29, 1.82) is 0 Å². The highest BCUT2D eigenvalue weighted by Crippen LogP contribution is 2.14. The van der Waals surface area contributed by atoms with Crippen LogP contribution in [-0.2, 0) is 6.54 Å². The number of aryl methyl sites for hydroxylation is 1. The van der Waals surface area contributed by atoms with Gasteiger partial charge >= 0.3 is 0 Å². The Morgan fingerprint density at radius 3 is 2.65 bits per heavy atom. The molecule has 0 saturated carbocycles. The fourth-order valence-corrected chi connectivity index (χ4v) is 1.90. The van der Waals surface area contributed by atoms with E-state index in [0.29, 0.717) is 6.54 Å². The number of pyridine rings is 1. The van der Waals surface area contributed by atoms with E-state index in [1.165, 1.54) is 11.0 Å². The number of aromatic nitrogens is 1. The van der Waals surface area contributed by atoms with E-state index in [-0.39, 0.29) is 5.56 Å². The average molecular weight is 276 g/mol. The predicted octanol–water partition coefficient (Wildman–Crippen LogP) is 2.94. The Kier molecular flexibility index (Phi) is 4.08. The molecule has 0 aliphatic heterocycles. The molecule has 20 heavy (non-hydrogen) atoms. The third-order valence-corrected chi connectivity index (χ3v) is 3.09. The molecular weight excluding hydrogens is 262 g/mol. The van der Waals surface area contributed by atoms with Gasteiger partial charge in [0.1, 0.15) is 0 Å². The number of nitrogens with zero attached hydrogens (tertiary/aromatic N) is 2. The zero-order valence-corrected chi connectivity index (χ0v) is 11.2. The van der Waals surface area contributed by atoms with Crippen LogP contribution >= 0.6 is 0 Å². The van der Waals surface area contributed by atoms with Crippen LogP contribution in [-0.4, -0.2) is 22.8 Å². The number of hydrogen-bond acceptors (Lipinski definition) is 2. The monoisotopic (exact) mass is 276 g/mol. The van der Waals surface area contributed by atoms with E-state index in [2.05, 4.69) is 4.98 Å². The Hall–Kier alpha value is -2.30. The number of carbonyl (C=O) groups excluding carboxylic acids is 1. The molecule has 1 aromatic heterocycles. The summed E-state index contributed by atoms with van der Waals surface area (Å²) in [6, 6.07) is 8.77. The van der Waals surface area contributed by atoms with Crippen LogP contribution < -0.4 is 0 Å². The molecule has 3 nitrogen and oxygen atoms in total. The summed E-state index contributed by atoms with van der Waals surface area (Å²) in [5, 5.41) is 0. The largest absolute Gasteiger partial charge is 0.337 e. The lowest BCUT2D eigenvalue weighted by molar-refractivity contribution is 0.0778. The van der Waals surface area contributed by atoms with E-state index in [9.17, 15) is 13.6 Å². The van der Waals surface area contributed by atoms with E-state index in [4.69, 9.17) is 0 Å². The zero-order chi connectivity index (χ0) is 14.7. The minimum atomic E-state index is -1.26. The fourth-order valence-electron chi connectivity index (χ4n) is 1.90. The van der Waals surface area contributed by atoms with Gasteiger partial charge < -0.3 is 4.90 Å². The molecule has 0 radical (unpaired) electrons. The highest BCUT2D eigenvalue weighted by Gasteiger charge is 2.19. The summed E-state index contributed by atoms with van der Waals surface area (Å²) in [4.78, 5) is 16.6. The Morgan fingerprint density at radius 2 is 1.95 bits per heavy atom. The lowest BCUT2D eigenvalue weighted by atomic mass is 10.1. The number of amides is 1. The molecule has 2 aromatic rings. The van der Waals surface area contributed by atoms with Crippen LogP contribution in [0.25, 0.3) is 0 Å². The molecule has 0 N–H and O–H groups in total. The molecule has 5 heteroatoms. The van der Waals surface area contributed by atoms with E-state index in [1.807, 2.05) is 31.2 Å². The molecule has 0 bridgehead atoms. The van der Waals surface area contributed by atoms with Crippen LogP contribution in [0.4, 0.5) is 8.78 Å². The number of hydrogen-bond donors (Lipinski definition) is 0. The van der Waals surface area contributed by atoms with Crippen molar-refractivity contribution in [1.82, 2.24) is 9.88 Å². The van der Waals surface area contributed by atoms with E-state index in [1.54, 1.807) is 7.05 Å². The van der Waals surface area contributed by atoms with Crippen LogP contribution in [0, 0.1) is 18.7 Å². The molecule has 1 heterocycles. The second-order valence-corrected chi connectivity index (χ2v) is 4.55. The highest BCUT2D eigenvalue weighted by atomic mass is 19.2. The first-order valence-corrected chi connectivity index (χ1v) is 6.10. The Balaban J connectivity index is 2.21. The molecule has 0 unspecified atom stereocenters. The second-order valence-electron chi connectivity index (χ2n) is 4.55. The number of rotatable bonds is 3. The zero-order valence-electron chi connectivity index (χ0n) is 11.2. The highest BCUT2D eigenvalue weighted by molar-refractivity contribution is 5.94. The summed E-state index contributed by atoms with van der Waals surface area (Å²) >= 11 is 0. The Labute approximate surface area is 115 Å². The van der Waals surface area contributed by atoms with Gasteiger partial charge in [0.25, 0.3) is 5.91 Å². The van der Waals surface area contributed by atoms with Crippen LogP contribution in [0.15, 0.2) is 36.5 Å². The van der Waals surface area contributed by atoms with Crippen molar-refractivity contribution < 1.29 is 13.6 Å². The predicted molar refractivity (Wildman–Crippen MR) is 71.1 cm³/mol. The number of benzene rings is 1. The van der Waals surface area contributed by atoms with Crippen molar-refractivity contribution in [2.24, 2.45) is 0 Å². The third-order valence-electron chi connectivity index (χ3n) is 3.09. The van der Waals surface area contributed by atoms with Gasteiger partial charge in [-0.05, 0) is 24.1 Å². The Bertz CT molecular complexity index is 644. The van der Waals surface area contributed by atoms with Gasteiger partial charge in [0, 0.05) is 19.8 Å². The van der Waals surface area contributed by atoms with Crippen molar-refractivity contribution in [2.45, 2.75) is 13.5 Å². The molecule has 0 atom stereocenters. The van der Waals surface area contributed by atoms with Gasteiger partial charge in [-0.1, -0.05) is 24.3 Å². The molecule has 0 fully saturated rings. The van der Waals surface area contributed by atoms with Crippen molar-refractivity contribution in [2.75, 3.05) is 7.05 Å². The van der Waals surface area contributed by atoms with Gasteiger partial charge in [0.2, 0.25) is 5.95 Å². The van der Waals surface area contributed by atoms with Crippen molar-refractivity contribution in [3.63, 3.8) is 0 Å². The summed E-state index contributed by atoms with van der Waals surface area (Å²) in [6.45, 7) is 2.26. The molecule has 2 rings (SSSR count). The van der Waals surface area contributed by atoms with Crippen LogP contribution in [0.1, 0.15) is 21.5 Å². The maximum atomic E-state index is 13.5. The van der Waals surface area contributed by atoms with Gasteiger partial charge in [0.15, 0.2) is 5.82 Å². The maximum Gasteiger partial charge on any atom is 0.257 e. The summed E-state index contributed by atoms with van der Waals surface area (Å²) in [5.41, 5.74) is 1.68. The lowest BCUT2D eigenvalue weighted by Crippen LogP contribution is -2.27. The topological polar surface area (TPSA) is 33.2 Å². The van der Waals surface area contributed by atoms with Gasteiger partial charge in [-0.25, -0.2) is 9.37 Å². The molecule has 0 saturated heterocycles. The first kappa shape index (κ1) is 14.1. The van der Waals surface area contributed by atoms with Crippen molar-refractivity contribution >= 4 is 5.91 Å². The molecule has 0 spiro atoms. The quantitative estimate of drug-likeness (QED) is 0.808. The molecule has 0 aliphatic carbocycles. The number of halogens is 2. The van der Waals surface area contributed by atoms with Crippen molar-refractivity contribution in [3.05, 3.63) is 65.0 Å². The fraction of sp³-hybridized carbons (Fsp3) is 0.200. The van der Waals surface area contributed by atoms with E-state index >= 15 is 0 Å². The first-order chi connectivity index (χ1) is 9.50. The van der Waals surface area contributed by atoms with Crippen LogP contribution in [0.5, 0.6) is 0 Å². The molecular formula is C15H14F2N2O. The standard InChI is InChI=1S/C15H14F2N2O/c1-10-5-3-4-6-11(10)9-19(2)15(20)12-7-8-18-14(17)13(12)16/h3-8H,9H2,1-2H3. The second kappa shape index (κ2) is 5.77. The SMILES string of the molecule is Cc1ccccc1CN(C)C(=O)c1ccnc(F)c1F.